The number of aliphatic hydroxyl groups is 1. The Kier molecular flexibility index (Phi) is 6.25. The van der Waals surface area contributed by atoms with Crippen molar-refractivity contribution in [3.8, 4) is 0 Å². The number of amides is 1. The molecule has 2 N–H and O–H groups in total. The van der Waals surface area contributed by atoms with Crippen LogP contribution in [0, 0.1) is 5.82 Å². The average molecular weight is 284 g/mol. The van der Waals surface area contributed by atoms with E-state index in [9.17, 15) is 14.3 Å². The molecule has 0 aliphatic heterocycles. The topological polar surface area (TPSA) is 49.3 Å². The molecule has 1 atom stereocenters. The number of benzene rings is 1. The minimum absolute atomic E-state index is 0.0000843. The van der Waals surface area contributed by atoms with Gasteiger partial charge in [0.2, 0.25) is 5.91 Å². The van der Waals surface area contributed by atoms with E-state index in [1.165, 1.54) is 18.2 Å². The summed E-state index contributed by atoms with van der Waals surface area (Å²) in [6.07, 6.45) is 5.45. The van der Waals surface area contributed by atoms with E-state index >= 15 is 0 Å². The Morgan fingerprint density at radius 1 is 1.53 bits per heavy atom. The van der Waals surface area contributed by atoms with Gasteiger partial charge in [0.15, 0.2) is 0 Å². The lowest BCUT2D eigenvalue weighted by molar-refractivity contribution is -0.116. The number of allylic oxidation sites excluding steroid dienone is 3. The fraction of sp³-hybridized carbons (Fsp3) is 0.214. The number of hydrogen-bond acceptors (Lipinski definition) is 2. The molecular formula is C14H15ClFNO2. The van der Waals surface area contributed by atoms with Gasteiger partial charge in [-0.05, 0) is 24.6 Å². The SMILES string of the molecule is CC=CC=CC(=O)NCC(O)c1ccc(Cl)c(F)c1. The zero-order valence-electron chi connectivity index (χ0n) is 10.4. The molecule has 0 bridgehead atoms. The largest absolute Gasteiger partial charge is 0.387 e. The van der Waals surface area contributed by atoms with Gasteiger partial charge >= 0.3 is 0 Å². The van der Waals surface area contributed by atoms with Crippen molar-refractivity contribution in [2.45, 2.75) is 13.0 Å². The Hall–Kier alpha value is -1.65. The van der Waals surface area contributed by atoms with Crippen molar-refractivity contribution in [2.75, 3.05) is 6.54 Å². The highest BCUT2D eigenvalue weighted by Gasteiger charge is 2.10. The van der Waals surface area contributed by atoms with Gasteiger partial charge in [0, 0.05) is 12.6 Å². The first-order chi connectivity index (χ1) is 9.04. The highest BCUT2D eigenvalue weighted by molar-refractivity contribution is 6.30. The molecule has 0 aliphatic carbocycles. The van der Waals surface area contributed by atoms with E-state index in [4.69, 9.17) is 11.6 Å². The van der Waals surface area contributed by atoms with Crippen LogP contribution in [0.4, 0.5) is 4.39 Å². The monoisotopic (exact) mass is 283 g/mol. The molecule has 3 nitrogen and oxygen atoms in total. The van der Waals surface area contributed by atoms with Gasteiger partial charge in [0.05, 0.1) is 11.1 Å². The molecule has 1 amide bonds. The third kappa shape index (κ3) is 5.24. The van der Waals surface area contributed by atoms with Crippen LogP contribution in [0.5, 0.6) is 0 Å². The molecule has 1 unspecified atom stereocenters. The second-order valence-corrected chi connectivity index (χ2v) is 4.23. The number of aliphatic hydroxyl groups excluding tert-OH is 1. The van der Waals surface area contributed by atoms with Gasteiger partial charge in [-0.1, -0.05) is 35.9 Å². The smallest absolute Gasteiger partial charge is 0.244 e. The van der Waals surface area contributed by atoms with Crippen LogP contribution in [0.3, 0.4) is 0 Å². The minimum atomic E-state index is -0.981. The molecule has 0 saturated carbocycles. The maximum atomic E-state index is 13.2. The molecule has 1 aromatic rings. The van der Waals surface area contributed by atoms with E-state index in [0.717, 1.165) is 6.07 Å². The van der Waals surface area contributed by atoms with Crippen LogP contribution in [-0.4, -0.2) is 17.6 Å². The Labute approximate surface area is 116 Å². The first-order valence-electron chi connectivity index (χ1n) is 5.74. The first-order valence-corrected chi connectivity index (χ1v) is 6.12. The lowest BCUT2D eigenvalue weighted by Gasteiger charge is -2.11. The summed E-state index contributed by atoms with van der Waals surface area (Å²) in [6.45, 7) is 1.83. The zero-order valence-corrected chi connectivity index (χ0v) is 11.2. The average Bonchev–Trinajstić information content (AvgIpc) is 2.39. The van der Waals surface area contributed by atoms with Crippen LogP contribution >= 0.6 is 11.6 Å². The van der Waals surface area contributed by atoms with Gasteiger partial charge in [-0.15, -0.1) is 0 Å². The molecule has 1 rings (SSSR count). The molecule has 0 radical (unpaired) electrons. The lowest BCUT2D eigenvalue weighted by Crippen LogP contribution is -2.26. The lowest BCUT2D eigenvalue weighted by atomic mass is 10.1. The van der Waals surface area contributed by atoms with Gasteiger partial charge in [-0.3, -0.25) is 4.79 Å². The van der Waals surface area contributed by atoms with Crippen LogP contribution in [0.1, 0.15) is 18.6 Å². The molecule has 102 valence electrons. The van der Waals surface area contributed by atoms with Crippen molar-refractivity contribution < 1.29 is 14.3 Å². The van der Waals surface area contributed by atoms with Crippen molar-refractivity contribution >= 4 is 17.5 Å². The molecule has 0 aromatic heterocycles. The van der Waals surface area contributed by atoms with Crippen molar-refractivity contribution in [3.05, 3.63) is 58.9 Å². The van der Waals surface area contributed by atoms with Crippen LogP contribution in [0.25, 0.3) is 0 Å². The molecule has 0 saturated heterocycles. The summed E-state index contributed by atoms with van der Waals surface area (Å²) in [6, 6.07) is 4.02. The Morgan fingerprint density at radius 2 is 2.26 bits per heavy atom. The molecular weight excluding hydrogens is 269 g/mol. The highest BCUT2D eigenvalue weighted by Crippen LogP contribution is 2.19. The van der Waals surface area contributed by atoms with Crippen LogP contribution in [0.2, 0.25) is 5.02 Å². The summed E-state index contributed by atoms with van der Waals surface area (Å²) in [5.74, 6) is -0.927. The highest BCUT2D eigenvalue weighted by atomic mass is 35.5. The second kappa shape index (κ2) is 7.71. The number of hydrogen-bond donors (Lipinski definition) is 2. The quantitative estimate of drug-likeness (QED) is 0.645. The van der Waals surface area contributed by atoms with Gasteiger partial charge < -0.3 is 10.4 Å². The van der Waals surface area contributed by atoms with E-state index in [1.54, 1.807) is 18.2 Å². The summed E-state index contributed by atoms with van der Waals surface area (Å²) in [7, 11) is 0. The summed E-state index contributed by atoms with van der Waals surface area (Å²) in [5.41, 5.74) is 0.361. The van der Waals surface area contributed by atoms with Crippen LogP contribution in [0.15, 0.2) is 42.5 Å². The van der Waals surface area contributed by atoms with E-state index in [-0.39, 0.29) is 17.5 Å². The van der Waals surface area contributed by atoms with Crippen molar-refractivity contribution in [2.24, 2.45) is 0 Å². The van der Waals surface area contributed by atoms with Gasteiger partial charge in [0.1, 0.15) is 5.82 Å². The number of nitrogens with one attached hydrogen (secondary N) is 1. The summed E-state index contributed by atoms with van der Waals surface area (Å²) in [4.78, 5) is 11.3. The second-order valence-electron chi connectivity index (χ2n) is 3.82. The Balaban J connectivity index is 2.53. The van der Waals surface area contributed by atoms with E-state index in [0.29, 0.717) is 5.56 Å². The zero-order chi connectivity index (χ0) is 14.3. The van der Waals surface area contributed by atoms with E-state index in [2.05, 4.69) is 5.32 Å². The number of carbonyl (C=O) groups excluding carboxylic acids is 1. The first kappa shape index (κ1) is 15.4. The third-order valence-corrected chi connectivity index (χ3v) is 2.66. The molecule has 0 heterocycles. The molecule has 19 heavy (non-hydrogen) atoms. The van der Waals surface area contributed by atoms with Crippen LogP contribution in [-0.2, 0) is 4.79 Å². The summed E-state index contributed by atoms with van der Waals surface area (Å²) in [5, 5.41) is 12.3. The molecule has 5 heteroatoms. The molecule has 0 fully saturated rings. The van der Waals surface area contributed by atoms with Crippen molar-refractivity contribution in [1.29, 1.82) is 0 Å². The standard InChI is InChI=1S/C14H15ClFNO2/c1-2-3-4-5-14(19)17-9-13(18)10-6-7-11(15)12(16)8-10/h2-8,13,18H,9H2,1H3,(H,17,19). The van der Waals surface area contributed by atoms with Gasteiger partial charge in [0.25, 0.3) is 0 Å². The van der Waals surface area contributed by atoms with Crippen LogP contribution < -0.4 is 5.32 Å². The summed E-state index contributed by atoms with van der Waals surface area (Å²) < 4.78 is 13.2. The minimum Gasteiger partial charge on any atom is -0.387 e. The maximum Gasteiger partial charge on any atom is 0.244 e. The Morgan fingerprint density at radius 3 is 2.89 bits per heavy atom. The molecule has 0 spiro atoms. The van der Waals surface area contributed by atoms with Gasteiger partial charge in [-0.25, -0.2) is 4.39 Å². The third-order valence-electron chi connectivity index (χ3n) is 2.35. The van der Waals surface area contributed by atoms with E-state index in [1.807, 2.05) is 6.92 Å². The predicted octanol–water partition coefficient (Wildman–Crippen LogP) is 2.76. The fourth-order valence-corrected chi connectivity index (χ4v) is 1.47. The summed E-state index contributed by atoms with van der Waals surface area (Å²) >= 11 is 5.54. The number of halogens is 2. The van der Waals surface area contributed by atoms with Crippen molar-refractivity contribution in [3.63, 3.8) is 0 Å². The molecule has 0 aliphatic rings. The number of rotatable bonds is 5. The fourth-order valence-electron chi connectivity index (χ4n) is 1.35. The molecule has 1 aromatic carbocycles. The number of carbonyl (C=O) groups is 1. The van der Waals surface area contributed by atoms with Crippen molar-refractivity contribution in [1.82, 2.24) is 5.32 Å². The van der Waals surface area contributed by atoms with Gasteiger partial charge in [-0.2, -0.15) is 0 Å². The Bertz CT molecular complexity index is 500. The van der Waals surface area contributed by atoms with E-state index < -0.39 is 11.9 Å². The predicted molar refractivity (Wildman–Crippen MR) is 73.3 cm³/mol. The maximum absolute atomic E-state index is 13.2. The normalized spacial score (nSPS) is 13.1.